The molecule has 0 aliphatic carbocycles. The lowest BCUT2D eigenvalue weighted by atomic mass is 10.1. The molecule has 0 fully saturated rings. The summed E-state index contributed by atoms with van der Waals surface area (Å²) >= 11 is -2.16. The monoisotopic (exact) mass is 339 g/mol. The van der Waals surface area contributed by atoms with Gasteiger partial charge in [0.05, 0.1) is 0 Å². The summed E-state index contributed by atoms with van der Waals surface area (Å²) in [5, 5.41) is 0. The predicted molar refractivity (Wildman–Crippen MR) is 98.1 cm³/mol. The lowest BCUT2D eigenvalue weighted by Crippen LogP contribution is -2.26. The van der Waals surface area contributed by atoms with Gasteiger partial charge in [-0.2, -0.15) is 0 Å². The first-order chi connectivity index (χ1) is 11.1. The van der Waals surface area contributed by atoms with E-state index in [9.17, 15) is 8.76 Å². The standard InChI is InChI=1S/C18H32N2O2S/c1-4-7-8-9-10-15-20(23(21)22)16-17-11-13-18(14-12-17)19(5-2)6-3/h11-14H,4-10,15-16H2,1-3H3,(H,21,22)/p-1. The zero-order chi connectivity index (χ0) is 17.1. The van der Waals surface area contributed by atoms with Gasteiger partial charge in [0, 0.05) is 43.1 Å². The Bertz CT molecular complexity index is 447. The molecule has 0 spiro atoms. The van der Waals surface area contributed by atoms with E-state index in [1.54, 1.807) is 0 Å². The van der Waals surface area contributed by atoms with E-state index in [0.29, 0.717) is 13.1 Å². The molecule has 0 aliphatic rings. The largest absolute Gasteiger partial charge is 0.760 e. The lowest BCUT2D eigenvalue weighted by Gasteiger charge is -2.25. The van der Waals surface area contributed by atoms with Gasteiger partial charge in [-0.3, -0.25) is 4.21 Å². The Morgan fingerprint density at radius 2 is 1.57 bits per heavy atom. The van der Waals surface area contributed by atoms with Gasteiger partial charge in [-0.1, -0.05) is 44.7 Å². The quantitative estimate of drug-likeness (QED) is 0.425. The van der Waals surface area contributed by atoms with Crippen molar-refractivity contribution >= 4 is 17.0 Å². The van der Waals surface area contributed by atoms with Crippen molar-refractivity contribution in [3.8, 4) is 0 Å². The van der Waals surface area contributed by atoms with E-state index in [2.05, 4.69) is 37.8 Å². The van der Waals surface area contributed by atoms with Gasteiger partial charge in [-0.25, -0.2) is 4.31 Å². The molecule has 0 bridgehead atoms. The van der Waals surface area contributed by atoms with E-state index < -0.39 is 11.3 Å². The lowest BCUT2D eigenvalue weighted by molar-refractivity contribution is 0.372. The van der Waals surface area contributed by atoms with Crippen LogP contribution in [0.15, 0.2) is 24.3 Å². The second-order valence-corrected chi connectivity index (χ2v) is 6.78. The topological polar surface area (TPSA) is 46.6 Å². The maximum Gasteiger partial charge on any atom is 0.0366 e. The second-order valence-electron chi connectivity index (χ2n) is 5.83. The number of anilines is 1. The highest BCUT2D eigenvalue weighted by molar-refractivity contribution is 7.76. The first-order valence-corrected chi connectivity index (χ1v) is 9.83. The maximum atomic E-state index is 11.4. The summed E-state index contributed by atoms with van der Waals surface area (Å²) in [6, 6.07) is 8.22. The summed E-state index contributed by atoms with van der Waals surface area (Å²) in [5.74, 6) is 0. The summed E-state index contributed by atoms with van der Waals surface area (Å²) in [5.41, 5.74) is 2.23. The fourth-order valence-electron chi connectivity index (χ4n) is 2.70. The van der Waals surface area contributed by atoms with E-state index in [1.807, 2.05) is 12.1 Å². The number of hydrogen-bond donors (Lipinski definition) is 0. The molecule has 0 saturated heterocycles. The fraction of sp³-hybridized carbons (Fsp3) is 0.667. The average Bonchev–Trinajstić information content (AvgIpc) is 2.56. The van der Waals surface area contributed by atoms with Crippen molar-refractivity contribution in [1.82, 2.24) is 4.31 Å². The number of rotatable bonds is 12. The third-order valence-corrected chi connectivity index (χ3v) is 4.88. The van der Waals surface area contributed by atoms with Crippen molar-refractivity contribution in [2.75, 3.05) is 24.5 Å². The number of hydrogen-bond acceptors (Lipinski definition) is 3. The highest BCUT2D eigenvalue weighted by atomic mass is 32.2. The summed E-state index contributed by atoms with van der Waals surface area (Å²) in [6.07, 6.45) is 5.66. The molecule has 0 heterocycles. The molecule has 5 heteroatoms. The van der Waals surface area contributed by atoms with Crippen LogP contribution >= 0.6 is 0 Å². The highest BCUT2D eigenvalue weighted by Crippen LogP contribution is 2.17. The zero-order valence-electron chi connectivity index (χ0n) is 14.8. The van der Waals surface area contributed by atoms with Crippen molar-refractivity contribution in [2.24, 2.45) is 0 Å². The summed E-state index contributed by atoms with van der Waals surface area (Å²) in [6.45, 7) is 9.48. The maximum absolute atomic E-state index is 11.4. The fourth-order valence-corrected chi connectivity index (χ4v) is 3.24. The molecule has 4 nitrogen and oxygen atoms in total. The Balaban J connectivity index is 2.54. The van der Waals surface area contributed by atoms with Crippen LogP contribution in [0, 0.1) is 0 Å². The van der Waals surface area contributed by atoms with Crippen molar-refractivity contribution in [2.45, 2.75) is 59.4 Å². The van der Waals surface area contributed by atoms with Crippen LogP contribution in [-0.2, 0) is 17.8 Å². The van der Waals surface area contributed by atoms with Gasteiger partial charge >= 0.3 is 0 Å². The van der Waals surface area contributed by atoms with Crippen LogP contribution in [0.1, 0.15) is 58.4 Å². The van der Waals surface area contributed by atoms with Gasteiger partial charge in [0.25, 0.3) is 0 Å². The van der Waals surface area contributed by atoms with Crippen LogP contribution in [0.5, 0.6) is 0 Å². The van der Waals surface area contributed by atoms with Gasteiger partial charge in [-0.05, 0) is 38.0 Å². The molecule has 0 amide bonds. The SMILES string of the molecule is CCCCCCCN(Cc1ccc(N(CC)CC)cc1)S(=O)[O-]. The van der Waals surface area contributed by atoms with E-state index in [4.69, 9.17) is 0 Å². The summed E-state index contributed by atoms with van der Waals surface area (Å²) in [7, 11) is 0. The van der Waals surface area contributed by atoms with E-state index in [1.165, 1.54) is 29.3 Å². The zero-order valence-corrected chi connectivity index (χ0v) is 15.6. The van der Waals surface area contributed by atoms with Gasteiger partial charge < -0.3 is 9.45 Å². The average molecular weight is 340 g/mol. The van der Waals surface area contributed by atoms with Gasteiger partial charge in [0.2, 0.25) is 0 Å². The van der Waals surface area contributed by atoms with Crippen LogP contribution in [0.3, 0.4) is 0 Å². The van der Waals surface area contributed by atoms with Crippen LogP contribution in [0.25, 0.3) is 0 Å². The van der Waals surface area contributed by atoms with Crippen LogP contribution < -0.4 is 4.90 Å². The molecule has 1 unspecified atom stereocenters. The molecule has 0 saturated carbocycles. The Kier molecular flexibility index (Phi) is 10.2. The van der Waals surface area contributed by atoms with Crippen molar-refractivity contribution in [3.05, 3.63) is 29.8 Å². The van der Waals surface area contributed by atoms with E-state index >= 15 is 0 Å². The normalized spacial score (nSPS) is 12.6. The first-order valence-electron chi connectivity index (χ1n) is 8.80. The van der Waals surface area contributed by atoms with Crippen LogP contribution in [0.2, 0.25) is 0 Å². The molecule has 0 N–H and O–H groups in total. The van der Waals surface area contributed by atoms with Crippen molar-refractivity contribution in [3.63, 3.8) is 0 Å². The smallest absolute Gasteiger partial charge is 0.0366 e. The minimum atomic E-state index is -2.16. The molecule has 23 heavy (non-hydrogen) atoms. The third kappa shape index (κ3) is 7.46. The van der Waals surface area contributed by atoms with Crippen molar-refractivity contribution in [1.29, 1.82) is 0 Å². The van der Waals surface area contributed by atoms with E-state index in [-0.39, 0.29) is 0 Å². The van der Waals surface area contributed by atoms with E-state index in [0.717, 1.165) is 31.5 Å². The molecule has 1 atom stereocenters. The molecular formula is C18H31N2O2S-. The number of nitrogens with zero attached hydrogens (tertiary/aromatic N) is 2. The minimum absolute atomic E-state index is 0.461. The number of benzene rings is 1. The van der Waals surface area contributed by atoms with Crippen molar-refractivity contribution < 1.29 is 8.76 Å². The Morgan fingerprint density at radius 3 is 2.09 bits per heavy atom. The summed E-state index contributed by atoms with van der Waals surface area (Å²) < 4.78 is 24.3. The third-order valence-electron chi connectivity index (χ3n) is 4.15. The number of unbranched alkanes of at least 4 members (excludes halogenated alkanes) is 4. The molecule has 1 rings (SSSR count). The molecule has 0 aliphatic heterocycles. The molecule has 1 aromatic rings. The molecule has 0 radical (unpaired) electrons. The Labute approximate surface area is 144 Å². The van der Waals surface area contributed by atoms with Gasteiger partial charge in [-0.15, -0.1) is 0 Å². The molecule has 0 aromatic heterocycles. The van der Waals surface area contributed by atoms with Crippen LogP contribution in [-0.4, -0.2) is 32.7 Å². The second kappa shape index (κ2) is 11.6. The molecular weight excluding hydrogens is 308 g/mol. The predicted octanol–water partition coefficient (Wildman–Crippen LogP) is 4.10. The first kappa shape index (κ1) is 20.1. The Hall–Kier alpha value is -0.910. The Morgan fingerprint density at radius 1 is 0.957 bits per heavy atom. The summed E-state index contributed by atoms with van der Waals surface area (Å²) in [4.78, 5) is 2.28. The van der Waals surface area contributed by atoms with Crippen LogP contribution in [0.4, 0.5) is 5.69 Å². The minimum Gasteiger partial charge on any atom is -0.760 e. The molecule has 132 valence electrons. The van der Waals surface area contributed by atoms with Gasteiger partial charge in [0.15, 0.2) is 0 Å². The highest BCUT2D eigenvalue weighted by Gasteiger charge is 2.07. The van der Waals surface area contributed by atoms with Gasteiger partial charge in [0.1, 0.15) is 0 Å². The molecule has 1 aromatic carbocycles.